The SMILES string of the molecule is CCCc1cc(CN)cc(-n2nc(C)c(Br)c2C)n1. The Labute approximate surface area is 122 Å². The first-order valence-electron chi connectivity index (χ1n) is 6.48. The second-order valence-corrected chi connectivity index (χ2v) is 5.47. The molecule has 102 valence electrons. The molecule has 0 aliphatic carbocycles. The average molecular weight is 323 g/mol. The molecule has 0 amide bonds. The van der Waals surface area contributed by atoms with E-state index in [0.717, 1.165) is 45.8 Å². The van der Waals surface area contributed by atoms with Crippen molar-refractivity contribution in [3.05, 3.63) is 39.3 Å². The van der Waals surface area contributed by atoms with Crippen molar-refractivity contribution in [1.82, 2.24) is 14.8 Å². The first-order valence-corrected chi connectivity index (χ1v) is 7.28. The van der Waals surface area contributed by atoms with Crippen LogP contribution >= 0.6 is 15.9 Å². The van der Waals surface area contributed by atoms with Gasteiger partial charge in [-0.05, 0) is 53.9 Å². The fourth-order valence-corrected chi connectivity index (χ4v) is 2.34. The second kappa shape index (κ2) is 5.84. The summed E-state index contributed by atoms with van der Waals surface area (Å²) in [6, 6.07) is 4.08. The van der Waals surface area contributed by atoms with E-state index in [2.05, 4.69) is 39.0 Å². The van der Waals surface area contributed by atoms with Crippen molar-refractivity contribution in [1.29, 1.82) is 0 Å². The number of aromatic nitrogens is 3. The van der Waals surface area contributed by atoms with Crippen LogP contribution < -0.4 is 5.73 Å². The van der Waals surface area contributed by atoms with E-state index < -0.39 is 0 Å². The van der Waals surface area contributed by atoms with Crippen LogP contribution in [0, 0.1) is 13.8 Å². The average Bonchev–Trinajstić information content (AvgIpc) is 2.66. The Kier molecular flexibility index (Phi) is 4.37. The number of pyridine rings is 1. The van der Waals surface area contributed by atoms with Gasteiger partial charge in [-0.1, -0.05) is 13.3 Å². The van der Waals surface area contributed by atoms with Gasteiger partial charge < -0.3 is 5.73 Å². The fourth-order valence-electron chi connectivity index (χ4n) is 2.09. The van der Waals surface area contributed by atoms with Crippen LogP contribution in [0.5, 0.6) is 0 Å². The molecule has 0 spiro atoms. The summed E-state index contributed by atoms with van der Waals surface area (Å²) in [5.41, 5.74) is 9.96. The van der Waals surface area contributed by atoms with Crippen molar-refractivity contribution < 1.29 is 0 Å². The summed E-state index contributed by atoms with van der Waals surface area (Å²) in [6.07, 6.45) is 2.03. The largest absolute Gasteiger partial charge is 0.326 e. The highest BCUT2D eigenvalue weighted by molar-refractivity contribution is 9.10. The molecule has 2 heterocycles. The quantitative estimate of drug-likeness (QED) is 0.941. The van der Waals surface area contributed by atoms with E-state index in [0.29, 0.717) is 6.54 Å². The molecule has 2 N–H and O–H groups in total. The lowest BCUT2D eigenvalue weighted by atomic mass is 10.1. The standard InChI is InChI=1S/C14H19BrN4/c1-4-5-12-6-11(8-16)7-13(17-12)19-10(3)14(15)9(2)18-19/h6-7H,4-5,8,16H2,1-3H3. The number of nitrogens with two attached hydrogens (primary N) is 1. The van der Waals surface area contributed by atoms with Gasteiger partial charge >= 0.3 is 0 Å². The van der Waals surface area contributed by atoms with Gasteiger partial charge in [-0.2, -0.15) is 5.10 Å². The van der Waals surface area contributed by atoms with Gasteiger partial charge in [-0.3, -0.25) is 0 Å². The third kappa shape index (κ3) is 2.87. The molecule has 0 aliphatic rings. The van der Waals surface area contributed by atoms with Gasteiger partial charge in [0.1, 0.15) is 0 Å². The molecular formula is C14H19BrN4. The maximum atomic E-state index is 5.77. The topological polar surface area (TPSA) is 56.7 Å². The Balaban J connectivity index is 2.54. The van der Waals surface area contributed by atoms with Gasteiger partial charge in [-0.15, -0.1) is 0 Å². The maximum absolute atomic E-state index is 5.77. The normalized spacial score (nSPS) is 11.0. The molecule has 0 fully saturated rings. The summed E-state index contributed by atoms with van der Waals surface area (Å²) in [5.74, 6) is 0.845. The molecule has 2 aromatic rings. The van der Waals surface area contributed by atoms with Crippen LogP contribution in [0.2, 0.25) is 0 Å². The maximum Gasteiger partial charge on any atom is 0.154 e. The minimum Gasteiger partial charge on any atom is -0.326 e. The summed E-state index contributed by atoms with van der Waals surface area (Å²) in [7, 11) is 0. The molecule has 2 aromatic heterocycles. The van der Waals surface area contributed by atoms with Crippen LogP contribution in [0.1, 0.15) is 36.0 Å². The van der Waals surface area contributed by atoms with E-state index in [1.165, 1.54) is 0 Å². The van der Waals surface area contributed by atoms with E-state index in [1.54, 1.807) is 0 Å². The van der Waals surface area contributed by atoms with Gasteiger partial charge in [0.25, 0.3) is 0 Å². The molecule has 0 saturated carbocycles. The van der Waals surface area contributed by atoms with Gasteiger partial charge in [0.2, 0.25) is 0 Å². The van der Waals surface area contributed by atoms with Crippen LogP contribution in [0.4, 0.5) is 0 Å². The van der Waals surface area contributed by atoms with Crippen LogP contribution in [0.3, 0.4) is 0 Å². The molecule has 19 heavy (non-hydrogen) atoms. The summed E-state index contributed by atoms with van der Waals surface area (Å²) in [6.45, 7) is 6.68. The highest BCUT2D eigenvalue weighted by Gasteiger charge is 2.12. The van der Waals surface area contributed by atoms with E-state index >= 15 is 0 Å². The summed E-state index contributed by atoms with van der Waals surface area (Å²) < 4.78 is 2.90. The molecule has 0 atom stereocenters. The van der Waals surface area contributed by atoms with E-state index in [1.807, 2.05) is 24.6 Å². The van der Waals surface area contributed by atoms with E-state index in [-0.39, 0.29) is 0 Å². The van der Waals surface area contributed by atoms with Crippen molar-refractivity contribution in [2.45, 2.75) is 40.2 Å². The van der Waals surface area contributed by atoms with Gasteiger partial charge in [-0.25, -0.2) is 9.67 Å². The molecule has 0 aliphatic heterocycles. The number of halogens is 1. The number of nitrogens with zero attached hydrogens (tertiary/aromatic N) is 3. The Morgan fingerprint density at radius 3 is 2.58 bits per heavy atom. The molecule has 0 bridgehead atoms. The Morgan fingerprint density at radius 2 is 2.05 bits per heavy atom. The highest BCUT2D eigenvalue weighted by Crippen LogP contribution is 2.23. The lowest BCUT2D eigenvalue weighted by molar-refractivity contribution is 0.781. The molecule has 4 nitrogen and oxygen atoms in total. The van der Waals surface area contributed by atoms with Crippen LogP contribution in [-0.2, 0) is 13.0 Å². The van der Waals surface area contributed by atoms with Crippen LogP contribution in [0.25, 0.3) is 5.82 Å². The highest BCUT2D eigenvalue weighted by atomic mass is 79.9. The molecular weight excluding hydrogens is 304 g/mol. The number of aryl methyl sites for hydroxylation is 2. The molecule has 0 saturated heterocycles. The van der Waals surface area contributed by atoms with Crippen molar-refractivity contribution in [2.75, 3.05) is 0 Å². The zero-order valence-electron chi connectivity index (χ0n) is 11.6. The zero-order valence-corrected chi connectivity index (χ0v) is 13.2. The van der Waals surface area contributed by atoms with Gasteiger partial charge in [0, 0.05) is 12.2 Å². The molecule has 0 radical (unpaired) electrons. The lowest BCUT2D eigenvalue weighted by Crippen LogP contribution is -2.07. The molecule has 5 heteroatoms. The Hall–Kier alpha value is -1.20. The van der Waals surface area contributed by atoms with Gasteiger partial charge in [0.15, 0.2) is 5.82 Å². The third-order valence-electron chi connectivity index (χ3n) is 3.09. The predicted octanol–water partition coefficient (Wildman–Crippen LogP) is 3.06. The van der Waals surface area contributed by atoms with Crippen LogP contribution in [-0.4, -0.2) is 14.8 Å². The van der Waals surface area contributed by atoms with Gasteiger partial charge in [0.05, 0.1) is 15.9 Å². The minimum atomic E-state index is 0.521. The lowest BCUT2D eigenvalue weighted by Gasteiger charge is -2.09. The molecule has 0 aromatic carbocycles. The number of hydrogen-bond donors (Lipinski definition) is 1. The van der Waals surface area contributed by atoms with E-state index in [4.69, 9.17) is 5.73 Å². The second-order valence-electron chi connectivity index (χ2n) is 4.68. The van der Waals surface area contributed by atoms with Crippen molar-refractivity contribution in [3.8, 4) is 5.82 Å². The summed E-state index contributed by atoms with van der Waals surface area (Å²) in [5, 5.41) is 4.52. The molecule has 0 unspecified atom stereocenters. The fraction of sp³-hybridized carbons (Fsp3) is 0.429. The van der Waals surface area contributed by atoms with Crippen molar-refractivity contribution in [3.63, 3.8) is 0 Å². The van der Waals surface area contributed by atoms with Crippen molar-refractivity contribution in [2.24, 2.45) is 5.73 Å². The number of hydrogen-bond acceptors (Lipinski definition) is 3. The van der Waals surface area contributed by atoms with E-state index in [9.17, 15) is 0 Å². The summed E-state index contributed by atoms with van der Waals surface area (Å²) >= 11 is 3.55. The third-order valence-corrected chi connectivity index (χ3v) is 4.23. The van der Waals surface area contributed by atoms with Crippen LogP contribution in [0.15, 0.2) is 16.6 Å². The number of rotatable bonds is 4. The molecule has 2 rings (SSSR count). The summed E-state index contributed by atoms with van der Waals surface area (Å²) in [4.78, 5) is 4.68. The first-order chi connectivity index (χ1) is 9.06. The monoisotopic (exact) mass is 322 g/mol. The smallest absolute Gasteiger partial charge is 0.154 e. The predicted molar refractivity (Wildman–Crippen MR) is 80.4 cm³/mol. The first kappa shape index (κ1) is 14.2. The minimum absolute atomic E-state index is 0.521. The Bertz CT molecular complexity index is 589. The van der Waals surface area contributed by atoms with Crippen molar-refractivity contribution >= 4 is 15.9 Å². The Morgan fingerprint density at radius 1 is 1.32 bits per heavy atom. The zero-order chi connectivity index (χ0) is 14.0.